The van der Waals surface area contributed by atoms with Crippen molar-refractivity contribution in [3.63, 3.8) is 0 Å². The van der Waals surface area contributed by atoms with Crippen LogP contribution in [0.1, 0.15) is 11.1 Å². The Hall–Kier alpha value is -1.28. The monoisotopic (exact) mass is 276 g/mol. The predicted octanol–water partition coefficient (Wildman–Crippen LogP) is 3.02. The van der Waals surface area contributed by atoms with Gasteiger partial charge in [-0.1, -0.05) is 21.9 Å². The fourth-order valence-electron chi connectivity index (χ4n) is 0.933. The molecule has 0 unspecified atom stereocenters. The summed E-state index contributed by atoms with van der Waals surface area (Å²) in [5, 5.41) is 0. The molecule has 0 amide bonds. The number of rotatable bonds is 0. The second-order valence-electron chi connectivity index (χ2n) is 2.58. The maximum Gasteiger partial charge on any atom is 0.417 e. The van der Waals surface area contributed by atoms with Gasteiger partial charge in [-0.15, -0.1) is 0 Å². The zero-order valence-corrected chi connectivity index (χ0v) is 8.82. The molecule has 0 radical (unpaired) electrons. The van der Waals surface area contributed by atoms with E-state index in [1.54, 1.807) is 0 Å². The number of carbonyl (C=O) groups is 1. The van der Waals surface area contributed by atoms with E-state index in [1.807, 2.05) is 5.92 Å². The Bertz CT molecular complexity index is 440. The zero-order valence-electron chi connectivity index (χ0n) is 7.23. The zero-order chi connectivity index (χ0) is 11.5. The van der Waals surface area contributed by atoms with Crippen LogP contribution in [-0.2, 0) is 11.0 Å². The van der Waals surface area contributed by atoms with E-state index in [0.717, 1.165) is 6.07 Å². The standard InChI is InChI=1S/C10H4BrF3O/c11-9-4-3-7(2-1-5-15)6-8(9)10(12,13)14/h3-6H. The fourth-order valence-corrected chi connectivity index (χ4v) is 1.40. The quantitative estimate of drug-likeness (QED) is 0.526. The molecule has 0 atom stereocenters. The molecule has 0 fully saturated rings. The van der Waals surface area contributed by atoms with Crippen LogP contribution in [0.2, 0.25) is 0 Å². The van der Waals surface area contributed by atoms with Crippen molar-refractivity contribution in [3.8, 4) is 11.8 Å². The lowest BCUT2D eigenvalue weighted by molar-refractivity contribution is -0.138. The highest BCUT2D eigenvalue weighted by Crippen LogP contribution is 2.35. The topological polar surface area (TPSA) is 17.1 Å². The smallest absolute Gasteiger partial charge is 0.289 e. The highest BCUT2D eigenvalue weighted by atomic mass is 79.9. The molecule has 0 aliphatic carbocycles. The van der Waals surface area contributed by atoms with Gasteiger partial charge >= 0.3 is 6.18 Å². The number of aldehydes is 1. The third-order valence-electron chi connectivity index (χ3n) is 1.55. The summed E-state index contributed by atoms with van der Waals surface area (Å²) in [6.45, 7) is 0. The SMILES string of the molecule is O=CC#Cc1ccc(Br)c(C(F)(F)F)c1. The first-order valence-electron chi connectivity index (χ1n) is 3.77. The maximum absolute atomic E-state index is 12.4. The Morgan fingerprint density at radius 1 is 1.33 bits per heavy atom. The Balaban J connectivity index is 3.23. The van der Waals surface area contributed by atoms with E-state index in [9.17, 15) is 18.0 Å². The van der Waals surface area contributed by atoms with Gasteiger partial charge in [0, 0.05) is 10.0 Å². The van der Waals surface area contributed by atoms with Gasteiger partial charge in [-0.25, -0.2) is 0 Å². The van der Waals surface area contributed by atoms with Gasteiger partial charge in [0.15, 0.2) is 6.29 Å². The molecule has 0 aliphatic heterocycles. The predicted molar refractivity (Wildman–Crippen MR) is 52.1 cm³/mol. The number of benzene rings is 1. The highest BCUT2D eigenvalue weighted by Gasteiger charge is 2.32. The molecule has 1 nitrogen and oxygen atoms in total. The van der Waals surface area contributed by atoms with Crippen molar-refractivity contribution >= 4 is 22.2 Å². The van der Waals surface area contributed by atoms with Crippen molar-refractivity contribution in [1.29, 1.82) is 0 Å². The van der Waals surface area contributed by atoms with Gasteiger partial charge in [-0.2, -0.15) is 13.2 Å². The first-order chi connectivity index (χ1) is 6.95. The van der Waals surface area contributed by atoms with Gasteiger partial charge in [-0.05, 0) is 24.1 Å². The van der Waals surface area contributed by atoms with Crippen LogP contribution in [-0.4, -0.2) is 6.29 Å². The Kier molecular flexibility index (Phi) is 3.53. The summed E-state index contributed by atoms with van der Waals surface area (Å²) >= 11 is 2.80. The lowest BCUT2D eigenvalue weighted by Crippen LogP contribution is -2.06. The molecular weight excluding hydrogens is 273 g/mol. The van der Waals surface area contributed by atoms with Crippen LogP contribution in [0.4, 0.5) is 13.2 Å². The maximum atomic E-state index is 12.4. The molecule has 1 rings (SSSR count). The van der Waals surface area contributed by atoms with Crippen molar-refractivity contribution in [2.24, 2.45) is 0 Å². The number of hydrogen-bond acceptors (Lipinski definition) is 1. The van der Waals surface area contributed by atoms with Crippen LogP contribution in [0.5, 0.6) is 0 Å². The van der Waals surface area contributed by atoms with Crippen LogP contribution in [0.25, 0.3) is 0 Å². The number of carbonyl (C=O) groups excluding carboxylic acids is 1. The van der Waals surface area contributed by atoms with E-state index < -0.39 is 11.7 Å². The molecule has 0 heterocycles. The normalized spacial score (nSPS) is 10.4. The Morgan fingerprint density at radius 2 is 2.00 bits per heavy atom. The molecule has 0 saturated carbocycles. The number of hydrogen-bond donors (Lipinski definition) is 0. The minimum Gasteiger partial charge on any atom is -0.289 e. The average Bonchev–Trinajstić information content (AvgIpc) is 2.15. The molecular formula is C10H4BrF3O. The van der Waals surface area contributed by atoms with E-state index in [0.29, 0.717) is 6.29 Å². The first kappa shape index (κ1) is 11.8. The van der Waals surface area contributed by atoms with Crippen molar-refractivity contribution in [2.75, 3.05) is 0 Å². The molecule has 0 aromatic heterocycles. The first-order valence-corrected chi connectivity index (χ1v) is 4.56. The Morgan fingerprint density at radius 3 is 2.53 bits per heavy atom. The van der Waals surface area contributed by atoms with Crippen LogP contribution in [0.15, 0.2) is 22.7 Å². The minimum atomic E-state index is -4.43. The second-order valence-corrected chi connectivity index (χ2v) is 3.43. The third kappa shape index (κ3) is 3.10. The number of halogens is 4. The van der Waals surface area contributed by atoms with Crippen LogP contribution < -0.4 is 0 Å². The van der Waals surface area contributed by atoms with Crippen molar-refractivity contribution in [2.45, 2.75) is 6.18 Å². The molecule has 78 valence electrons. The molecule has 0 spiro atoms. The van der Waals surface area contributed by atoms with Gasteiger partial charge in [0.05, 0.1) is 5.56 Å². The highest BCUT2D eigenvalue weighted by molar-refractivity contribution is 9.10. The molecule has 0 aliphatic rings. The molecule has 0 bridgehead atoms. The summed E-state index contributed by atoms with van der Waals surface area (Å²) < 4.78 is 37.2. The third-order valence-corrected chi connectivity index (χ3v) is 2.24. The van der Waals surface area contributed by atoms with E-state index in [1.165, 1.54) is 12.1 Å². The largest absolute Gasteiger partial charge is 0.417 e. The van der Waals surface area contributed by atoms with E-state index in [2.05, 4.69) is 21.9 Å². The summed E-state index contributed by atoms with van der Waals surface area (Å²) in [5.74, 6) is 4.34. The van der Waals surface area contributed by atoms with Gasteiger partial charge in [0.1, 0.15) is 0 Å². The van der Waals surface area contributed by atoms with Gasteiger partial charge in [-0.3, -0.25) is 4.79 Å². The van der Waals surface area contributed by atoms with Crippen molar-refractivity contribution in [3.05, 3.63) is 33.8 Å². The molecule has 1 aromatic carbocycles. The summed E-state index contributed by atoms with van der Waals surface area (Å²) in [6.07, 6.45) is -4.10. The van der Waals surface area contributed by atoms with Crippen molar-refractivity contribution < 1.29 is 18.0 Å². The summed E-state index contributed by atoms with van der Waals surface area (Å²) in [6, 6.07) is 3.54. The molecule has 0 N–H and O–H groups in total. The van der Waals surface area contributed by atoms with E-state index >= 15 is 0 Å². The summed E-state index contributed by atoms with van der Waals surface area (Å²) in [7, 11) is 0. The summed E-state index contributed by atoms with van der Waals surface area (Å²) in [5.41, 5.74) is -0.655. The number of alkyl halides is 3. The Labute approximate surface area is 92.4 Å². The van der Waals surface area contributed by atoms with Crippen LogP contribution >= 0.6 is 15.9 Å². The molecule has 15 heavy (non-hydrogen) atoms. The lowest BCUT2D eigenvalue weighted by atomic mass is 10.1. The van der Waals surface area contributed by atoms with E-state index in [4.69, 9.17) is 0 Å². The fraction of sp³-hybridized carbons (Fsp3) is 0.100. The van der Waals surface area contributed by atoms with Crippen molar-refractivity contribution in [1.82, 2.24) is 0 Å². The molecule has 1 aromatic rings. The second kappa shape index (κ2) is 4.49. The van der Waals surface area contributed by atoms with E-state index in [-0.39, 0.29) is 10.0 Å². The molecule has 5 heteroatoms. The van der Waals surface area contributed by atoms with Crippen LogP contribution in [0, 0.1) is 11.8 Å². The van der Waals surface area contributed by atoms with Gasteiger partial charge in [0.25, 0.3) is 0 Å². The molecule has 0 saturated heterocycles. The lowest BCUT2D eigenvalue weighted by Gasteiger charge is -2.08. The minimum absolute atomic E-state index is 0.0494. The average molecular weight is 277 g/mol. The van der Waals surface area contributed by atoms with Crippen LogP contribution in [0.3, 0.4) is 0 Å². The van der Waals surface area contributed by atoms with Gasteiger partial charge in [0.2, 0.25) is 0 Å². The van der Waals surface area contributed by atoms with Gasteiger partial charge < -0.3 is 0 Å². The summed E-state index contributed by atoms with van der Waals surface area (Å²) in [4.78, 5) is 9.92.